The maximum atomic E-state index is 11.5. The van der Waals surface area contributed by atoms with Crippen LogP contribution in [0.4, 0.5) is 0 Å². The summed E-state index contributed by atoms with van der Waals surface area (Å²) in [7, 11) is -2.75. The summed E-state index contributed by atoms with van der Waals surface area (Å²) in [5.41, 5.74) is 0. The van der Waals surface area contributed by atoms with E-state index >= 15 is 0 Å². The Labute approximate surface area is 105 Å². The first-order chi connectivity index (χ1) is 8.11. The minimum absolute atomic E-state index is 0.270. The lowest BCUT2D eigenvalue weighted by atomic mass is 9.98. The fourth-order valence-corrected chi connectivity index (χ4v) is 4.77. The van der Waals surface area contributed by atoms with Gasteiger partial charge in [-0.25, -0.2) is 8.42 Å². The van der Waals surface area contributed by atoms with Gasteiger partial charge in [0.2, 0.25) is 0 Å². The van der Waals surface area contributed by atoms with Gasteiger partial charge < -0.3 is 5.32 Å². The summed E-state index contributed by atoms with van der Waals surface area (Å²) in [5, 5.41) is 3.43. The van der Waals surface area contributed by atoms with Crippen molar-refractivity contribution in [2.45, 2.75) is 32.2 Å². The Kier molecular flexibility index (Phi) is 4.44. The van der Waals surface area contributed by atoms with Gasteiger partial charge in [-0.1, -0.05) is 6.92 Å². The van der Waals surface area contributed by atoms with E-state index in [1.54, 1.807) is 0 Å². The molecule has 2 rings (SSSR count). The molecule has 0 unspecified atom stereocenters. The molecule has 0 spiro atoms. The van der Waals surface area contributed by atoms with Crippen molar-refractivity contribution in [1.82, 2.24) is 10.2 Å². The summed E-state index contributed by atoms with van der Waals surface area (Å²) in [6.07, 6.45) is 3.37. The van der Waals surface area contributed by atoms with Gasteiger partial charge >= 0.3 is 0 Å². The molecule has 4 nitrogen and oxygen atoms in total. The topological polar surface area (TPSA) is 49.4 Å². The number of nitrogens with zero attached hydrogens (tertiary/aromatic N) is 1. The molecular formula is C12H24N2O2S. The summed E-state index contributed by atoms with van der Waals surface area (Å²) in [6, 6.07) is 0.270. The Bertz CT molecular complexity index is 336. The number of hydrogen-bond acceptors (Lipinski definition) is 4. The summed E-state index contributed by atoms with van der Waals surface area (Å²) in [6.45, 7) is 6.40. The zero-order valence-corrected chi connectivity index (χ0v) is 11.5. The molecule has 0 saturated carbocycles. The molecule has 0 bridgehead atoms. The van der Waals surface area contributed by atoms with Crippen LogP contribution in [0.15, 0.2) is 0 Å². The monoisotopic (exact) mass is 260 g/mol. The SMILES string of the molecule is CCN(C[C@H]1CCCNC1)[C@@H]1CCS(=O)(=O)C1. The first kappa shape index (κ1) is 13.3. The zero-order chi connectivity index (χ0) is 12.3. The molecule has 0 aromatic heterocycles. The van der Waals surface area contributed by atoms with E-state index in [1.165, 1.54) is 12.8 Å². The number of nitrogens with one attached hydrogen (secondary N) is 1. The van der Waals surface area contributed by atoms with Crippen LogP contribution in [0.2, 0.25) is 0 Å². The van der Waals surface area contributed by atoms with Crippen molar-refractivity contribution in [3.8, 4) is 0 Å². The average molecular weight is 260 g/mol. The lowest BCUT2D eigenvalue weighted by molar-refractivity contribution is 0.173. The third-order valence-corrected chi connectivity index (χ3v) is 5.77. The van der Waals surface area contributed by atoms with Crippen LogP contribution in [0.3, 0.4) is 0 Å². The molecule has 2 aliphatic rings. The maximum absolute atomic E-state index is 11.5. The molecule has 100 valence electrons. The zero-order valence-electron chi connectivity index (χ0n) is 10.7. The van der Waals surface area contributed by atoms with Crippen LogP contribution in [0.25, 0.3) is 0 Å². The Morgan fingerprint density at radius 1 is 1.35 bits per heavy atom. The van der Waals surface area contributed by atoms with Crippen molar-refractivity contribution in [2.75, 3.05) is 37.7 Å². The highest BCUT2D eigenvalue weighted by molar-refractivity contribution is 7.91. The van der Waals surface area contributed by atoms with Gasteiger partial charge in [0.15, 0.2) is 9.84 Å². The summed E-state index contributed by atoms with van der Waals surface area (Å²) in [4.78, 5) is 2.38. The molecule has 0 amide bonds. The maximum Gasteiger partial charge on any atom is 0.151 e. The second-order valence-corrected chi connectivity index (χ2v) is 7.59. The van der Waals surface area contributed by atoms with Gasteiger partial charge in [0.1, 0.15) is 0 Å². The molecule has 2 atom stereocenters. The van der Waals surface area contributed by atoms with Gasteiger partial charge in [0.05, 0.1) is 11.5 Å². The van der Waals surface area contributed by atoms with E-state index in [4.69, 9.17) is 0 Å². The molecule has 0 aliphatic carbocycles. The number of sulfone groups is 1. The Morgan fingerprint density at radius 3 is 2.71 bits per heavy atom. The third kappa shape index (κ3) is 3.66. The van der Waals surface area contributed by atoms with Gasteiger partial charge in [-0.05, 0) is 44.8 Å². The van der Waals surface area contributed by atoms with E-state index in [2.05, 4.69) is 17.1 Å². The summed E-state index contributed by atoms with van der Waals surface area (Å²) < 4.78 is 23.0. The van der Waals surface area contributed by atoms with Gasteiger partial charge in [0.25, 0.3) is 0 Å². The van der Waals surface area contributed by atoms with E-state index in [1.807, 2.05) is 0 Å². The second kappa shape index (κ2) is 5.67. The van der Waals surface area contributed by atoms with Crippen LogP contribution < -0.4 is 5.32 Å². The average Bonchev–Trinajstić information content (AvgIpc) is 2.68. The largest absolute Gasteiger partial charge is 0.316 e. The number of hydrogen-bond donors (Lipinski definition) is 1. The van der Waals surface area contributed by atoms with Crippen molar-refractivity contribution >= 4 is 9.84 Å². The minimum atomic E-state index is -2.75. The van der Waals surface area contributed by atoms with Crippen LogP contribution in [0.1, 0.15) is 26.2 Å². The molecule has 2 saturated heterocycles. The van der Waals surface area contributed by atoms with Crippen LogP contribution in [0.5, 0.6) is 0 Å². The fraction of sp³-hybridized carbons (Fsp3) is 1.00. The van der Waals surface area contributed by atoms with E-state index in [-0.39, 0.29) is 6.04 Å². The molecule has 5 heteroatoms. The van der Waals surface area contributed by atoms with Crippen LogP contribution in [-0.4, -0.2) is 57.0 Å². The van der Waals surface area contributed by atoms with Crippen molar-refractivity contribution in [3.63, 3.8) is 0 Å². The van der Waals surface area contributed by atoms with Crippen molar-refractivity contribution in [1.29, 1.82) is 0 Å². The first-order valence-electron chi connectivity index (χ1n) is 6.76. The van der Waals surface area contributed by atoms with Gasteiger partial charge in [-0.2, -0.15) is 0 Å². The van der Waals surface area contributed by atoms with E-state index in [0.717, 1.165) is 32.6 Å². The van der Waals surface area contributed by atoms with Crippen molar-refractivity contribution in [3.05, 3.63) is 0 Å². The Hall–Kier alpha value is -0.130. The predicted molar refractivity (Wildman–Crippen MR) is 69.9 cm³/mol. The van der Waals surface area contributed by atoms with Crippen LogP contribution >= 0.6 is 0 Å². The van der Waals surface area contributed by atoms with Crippen molar-refractivity contribution < 1.29 is 8.42 Å². The lowest BCUT2D eigenvalue weighted by Crippen LogP contribution is -2.43. The lowest BCUT2D eigenvalue weighted by Gasteiger charge is -2.32. The first-order valence-corrected chi connectivity index (χ1v) is 8.58. The van der Waals surface area contributed by atoms with E-state index < -0.39 is 9.84 Å². The quantitative estimate of drug-likeness (QED) is 0.799. The second-order valence-electron chi connectivity index (χ2n) is 5.36. The van der Waals surface area contributed by atoms with E-state index in [0.29, 0.717) is 17.4 Å². The molecule has 2 heterocycles. The van der Waals surface area contributed by atoms with Crippen molar-refractivity contribution in [2.24, 2.45) is 5.92 Å². The van der Waals surface area contributed by atoms with Gasteiger partial charge in [-0.15, -0.1) is 0 Å². The molecule has 0 aromatic carbocycles. The van der Waals surface area contributed by atoms with Gasteiger partial charge in [-0.3, -0.25) is 4.90 Å². The highest BCUT2D eigenvalue weighted by atomic mass is 32.2. The van der Waals surface area contributed by atoms with Crippen LogP contribution in [0, 0.1) is 5.92 Å². The highest BCUT2D eigenvalue weighted by Gasteiger charge is 2.32. The molecule has 0 aromatic rings. The Balaban J connectivity index is 1.88. The minimum Gasteiger partial charge on any atom is -0.316 e. The van der Waals surface area contributed by atoms with Crippen LogP contribution in [-0.2, 0) is 9.84 Å². The smallest absolute Gasteiger partial charge is 0.151 e. The Morgan fingerprint density at radius 2 is 2.18 bits per heavy atom. The summed E-state index contributed by atoms with van der Waals surface area (Å²) >= 11 is 0. The normalized spacial score (nSPS) is 33.1. The molecule has 2 aliphatic heterocycles. The molecule has 1 N–H and O–H groups in total. The van der Waals surface area contributed by atoms with Gasteiger partial charge in [0, 0.05) is 12.6 Å². The molecule has 2 fully saturated rings. The molecular weight excluding hydrogens is 236 g/mol. The number of piperidine rings is 1. The molecule has 17 heavy (non-hydrogen) atoms. The third-order valence-electron chi connectivity index (χ3n) is 4.02. The molecule has 0 radical (unpaired) electrons. The predicted octanol–water partition coefficient (Wildman–Crippen LogP) is 0.495. The summed E-state index contributed by atoms with van der Waals surface area (Å²) in [5.74, 6) is 1.46. The fourth-order valence-electron chi connectivity index (χ4n) is 3.01. The standard InChI is InChI=1S/C12H24N2O2S/c1-2-14(9-11-4-3-6-13-8-11)12-5-7-17(15,16)10-12/h11-13H,2-10H2,1H3/t11-,12+/m0/s1. The highest BCUT2D eigenvalue weighted by Crippen LogP contribution is 2.20. The van der Waals surface area contributed by atoms with E-state index in [9.17, 15) is 8.42 Å². The number of rotatable bonds is 4.